The number of fused-ring (bicyclic) bond motifs is 5. The maximum Gasteiger partial charge on any atom is 0.407 e. The maximum absolute atomic E-state index is 14.5. The summed E-state index contributed by atoms with van der Waals surface area (Å²) in [6.45, 7) is 3.01. The maximum atomic E-state index is 14.5. The van der Waals surface area contributed by atoms with Gasteiger partial charge in [-0.1, -0.05) is 37.3 Å². The van der Waals surface area contributed by atoms with Crippen molar-refractivity contribution in [2.75, 3.05) is 0 Å². The van der Waals surface area contributed by atoms with Gasteiger partial charge in [0, 0.05) is 22.6 Å². The number of cyclic esters (lactones) is 1. The lowest BCUT2D eigenvalue weighted by molar-refractivity contribution is -0.172. The molecule has 2 aliphatic heterocycles. The highest BCUT2D eigenvalue weighted by Gasteiger charge is 2.45. The van der Waals surface area contributed by atoms with Crippen molar-refractivity contribution in [3.8, 4) is 11.4 Å². The van der Waals surface area contributed by atoms with Crippen molar-refractivity contribution in [2.45, 2.75) is 51.7 Å². The minimum atomic E-state index is -2.02. The third-order valence-electron chi connectivity index (χ3n) is 7.75. The normalized spacial score (nSPS) is 17.8. The van der Waals surface area contributed by atoms with E-state index in [4.69, 9.17) is 9.47 Å². The van der Waals surface area contributed by atoms with E-state index in [1.807, 2.05) is 30.3 Å². The molecule has 0 aliphatic carbocycles. The van der Waals surface area contributed by atoms with Gasteiger partial charge in [-0.2, -0.15) is 0 Å². The number of hydrogen-bond donors (Lipinski definition) is 2. The van der Waals surface area contributed by atoms with Crippen molar-refractivity contribution < 1.29 is 33.0 Å². The second kappa shape index (κ2) is 9.77. The molecule has 0 bridgehead atoms. The number of halogens is 2. The van der Waals surface area contributed by atoms with Crippen LogP contribution in [0.15, 0.2) is 53.3 Å². The van der Waals surface area contributed by atoms with Gasteiger partial charge in [-0.15, -0.1) is 0 Å². The largest absolute Gasteiger partial charge is 0.458 e. The number of ether oxygens (including phenoxy) is 2. The van der Waals surface area contributed by atoms with Crippen LogP contribution in [0.2, 0.25) is 0 Å². The van der Waals surface area contributed by atoms with Crippen molar-refractivity contribution in [1.29, 1.82) is 0 Å². The Labute approximate surface area is 232 Å². The Balaban J connectivity index is 1.46. The zero-order valence-corrected chi connectivity index (χ0v) is 22.2. The predicted octanol–water partition coefficient (Wildman–Crippen LogP) is 4.35. The number of aliphatic hydroxyl groups is 1. The van der Waals surface area contributed by atoms with Gasteiger partial charge in [0.05, 0.1) is 35.1 Å². The zero-order valence-electron chi connectivity index (χ0n) is 22.2. The molecule has 2 N–H and O–H groups in total. The van der Waals surface area contributed by atoms with Gasteiger partial charge in [-0.3, -0.25) is 4.79 Å². The standard InChI is InChI=1S/C30H25F2N3O6/c1-3-30(39)20-10-24-26-18(12-35(24)27(36)19(20)14-40-28(30)37)25(17-9-21(31)22(32)11-23(17)34-26)15(2)33-29(38)41-13-16-7-5-4-6-8-16/h4-11,15,39H,3,12-14H2,1-2H3,(H,33,38)/t15-,30-/m0/s1. The number of rotatable bonds is 5. The van der Waals surface area contributed by atoms with Crippen LogP contribution in [-0.2, 0) is 39.6 Å². The van der Waals surface area contributed by atoms with E-state index in [-0.39, 0.29) is 48.2 Å². The lowest BCUT2D eigenvalue weighted by Crippen LogP contribution is -2.44. The zero-order chi connectivity index (χ0) is 29.1. The van der Waals surface area contributed by atoms with Crippen LogP contribution in [0.3, 0.4) is 0 Å². The fourth-order valence-corrected chi connectivity index (χ4v) is 5.61. The molecule has 2 aromatic heterocycles. The minimum absolute atomic E-state index is 0.0115. The first-order valence-corrected chi connectivity index (χ1v) is 13.1. The molecule has 2 atom stereocenters. The molecule has 2 aromatic carbocycles. The Morgan fingerprint density at radius 1 is 1.17 bits per heavy atom. The molecule has 4 heterocycles. The fourth-order valence-electron chi connectivity index (χ4n) is 5.61. The number of aromatic nitrogens is 2. The van der Waals surface area contributed by atoms with Crippen molar-refractivity contribution in [3.63, 3.8) is 0 Å². The number of esters is 1. The van der Waals surface area contributed by atoms with E-state index >= 15 is 0 Å². The van der Waals surface area contributed by atoms with Crippen LogP contribution in [0.1, 0.15) is 54.1 Å². The van der Waals surface area contributed by atoms with Gasteiger partial charge >= 0.3 is 12.1 Å². The topological polar surface area (TPSA) is 120 Å². The van der Waals surface area contributed by atoms with Crippen LogP contribution in [-0.4, -0.2) is 26.7 Å². The van der Waals surface area contributed by atoms with Crippen molar-refractivity contribution >= 4 is 23.0 Å². The number of amides is 1. The highest BCUT2D eigenvalue weighted by Crippen LogP contribution is 2.42. The molecule has 9 nitrogen and oxygen atoms in total. The van der Waals surface area contributed by atoms with E-state index in [9.17, 15) is 28.3 Å². The number of carbonyl (C=O) groups excluding carboxylic acids is 2. The summed E-state index contributed by atoms with van der Waals surface area (Å²) in [6, 6.07) is 11.8. The lowest BCUT2D eigenvalue weighted by atomic mass is 9.86. The molecule has 0 radical (unpaired) electrons. The van der Waals surface area contributed by atoms with Crippen LogP contribution in [0.4, 0.5) is 13.6 Å². The summed E-state index contributed by atoms with van der Waals surface area (Å²) in [4.78, 5) is 43.4. The van der Waals surface area contributed by atoms with Crippen molar-refractivity contribution in [2.24, 2.45) is 0 Å². The van der Waals surface area contributed by atoms with Crippen LogP contribution in [0, 0.1) is 11.6 Å². The van der Waals surface area contributed by atoms with Gasteiger partial charge in [0.25, 0.3) is 5.56 Å². The molecular weight excluding hydrogens is 536 g/mol. The van der Waals surface area contributed by atoms with Gasteiger partial charge < -0.3 is 24.5 Å². The highest BCUT2D eigenvalue weighted by atomic mass is 19.2. The summed E-state index contributed by atoms with van der Waals surface area (Å²) in [5.41, 5.74) is 0.200. The number of nitrogens with one attached hydrogen (secondary N) is 1. The average Bonchev–Trinajstić information content (AvgIpc) is 3.32. The number of benzene rings is 2. The molecule has 0 fully saturated rings. The molecule has 6 rings (SSSR count). The van der Waals surface area contributed by atoms with Crippen LogP contribution in [0.5, 0.6) is 0 Å². The highest BCUT2D eigenvalue weighted by molar-refractivity contribution is 5.90. The molecule has 0 saturated heterocycles. The number of nitrogens with zero attached hydrogens (tertiary/aromatic N) is 2. The van der Waals surface area contributed by atoms with Gasteiger partial charge in [0.1, 0.15) is 13.2 Å². The summed E-state index contributed by atoms with van der Waals surface area (Å²) in [6.07, 6.45) is -0.754. The first kappa shape index (κ1) is 26.6. The van der Waals surface area contributed by atoms with Gasteiger partial charge in [-0.05, 0) is 36.6 Å². The second-order valence-electron chi connectivity index (χ2n) is 10.2. The summed E-state index contributed by atoms with van der Waals surface area (Å²) in [7, 11) is 0. The Bertz CT molecular complexity index is 1810. The molecule has 0 spiro atoms. The summed E-state index contributed by atoms with van der Waals surface area (Å²) >= 11 is 0. The summed E-state index contributed by atoms with van der Waals surface area (Å²) in [5, 5.41) is 14.1. The third kappa shape index (κ3) is 4.24. The van der Waals surface area contributed by atoms with E-state index in [0.29, 0.717) is 22.5 Å². The SMILES string of the molecule is CC[C@@]1(O)C(=O)OCc2c1cc1n(c2=O)Cc2c-1nc1cc(F)c(F)cc1c2[C@H](C)NC(=O)OCc1ccccc1. The van der Waals surface area contributed by atoms with Gasteiger partial charge in [0.2, 0.25) is 0 Å². The lowest BCUT2D eigenvalue weighted by Gasteiger charge is -2.31. The number of alkyl carbamates (subject to hydrolysis) is 1. The van der Waals surface area contributed by atoms with Crippen LogP contribution in [0.25, 0.3) is 22.3 Å². The number of pyridine rings is 2. The second-order valence-corrected chi connectivity index (χ2v) is 10.2. The van der Waals surface area contributed by atoms with E-state index in [0.717, 1.165) is 17.7 Å². The monoisotopic (exact) mass is 561 g/mol. The fraction of sp³-hybridized carbons (Fsp3) is 0.267. The Kier molecular flexibility index (Phi) is 6.33. The first-order valence-electron chi connectivity index (χ1n) is 13.1. The third-order valence-corrected chi connectivity index (χ3v) is 7.75. The van der Waals surface area contributed by atoms with Crippen LogP contribution >= 0.6 is 0 Å². The average molecular weight is 562 g/mol. The van der Waals surface area contributed by atoms with Crippen LogP contribution < -0.4 is 10.9 Å². The molecule has 41 heavy (non-hydrogen) atoms. The Hall–Kier alpha value is -4.64. The molecule has 0 saturated carbocycles. The first-order chi connectivity index (χ1) is 19.6. The molecule has 4 aromatic rings. The quantitative estimate of drug-likeness (QED) is 0.306. The van der Waals surface area contributed by atoms with E-state index < -0.39 is 40.9 Å². The molecule has 11 heteroatoms. The molecular formula is C30H25F2N3O6. The Morgan fingerprint density at radius 2 is 1.90 bits per heavy atom. The summed E-state index contributed by atoms with van der Waals surface area (Å²) in [5.74, 6) is -3.06. The predicted molar refractivity (Wildman–Crippen MR) is 143 cm³/mol. The van der Waals surface area contributed by atoms with Crippen molar-refractivity contribution in [3.05, 3.63) is 98.3 Å². The molecule has 2 aliphatic rings. The number of hydrogen-bond acceptors (Lipinski definition) is 7. The van der Waals surface area contributed by atoms with E-state index in [2.05, 4.69) is 10.3 Å². The smallest absolute Gasteiger partial charge is 0.407 e. The van der Waals surface area contributed by atoms with E-state index in [1.165, 1.54) is 10.6 Å². The van der Waals surface area contributed by atoms with Crippen molar-refractivity contribution in [1.82, 2.24) is 14.9 Å². The van der Waals surface area contributed by atoms with Gasteiger partial charge in [-0.25, -0.2) is 23.4 Å². The minimum Gasteiger partial charge on any atom is -0.458 e. The summed E-state index contributed by atoms with van der Waals surface area (Å²) < 4.78 is 40.7. The molecule has 210 valence electrons. The van der Waals surface area contributed by atoms with E-state index in [1.54, 1.807) is 13.8 Å². The number of carbonyl (C=O) groups is 2. The molecule has 1 amide bonds. The molecule has 0 unspecified atom stereocenters. The van der Waals surface area contributed by atoms with Gasteiger partial charge in [0.15, 0.2) is 17.2 Å². The Morgan fingerprint density at radius 3 is 2.63 bits per heavy atom.